The van der Waals surface area contributed by atoms with Crippen LogP contribution in [0.4, 0.5) is 9.18 Å². The summed E-state index contributed by atoms with van der Waals surface area (Å²) in [7, 11) is 0. The van der Waals surface area contributed by atoms with Gasteiger partial charge in [0.1, 0.15) is 12.4 Å². The van der Waals surface area contributed by atoms with Crippen molar-refractivity contribution >= 4 is 23.6 Å². The van der Waals surface area contributed by atoms with Gasteiger partial charge in [0.05, 0.1) is 11.6 Å². The second kappa shape index (κ2) is 10.3. The van der Waals surface area contributed by atoms with Crippen molar-refractivity contribution in [2.75, 3.05) is 0 Å². The molecule has 2 amide bonds. The number of ether oxygens (including phenoxy) is 1. The van der Waals surface area contributed by atoms with Crippen LogP contribution in [-0.2, 0) is 22.6 Å². The van der Waals surface area contributed by atoms with E-state index in [-0.39, 0.29) is 18.5 Å². The van der Waals surface area contributed by atoms with Crippen LogP contribution in [0, 0.1) is 5.82 Å². The van der Waals surface area contributed by atoms with Crippen molar-refractivity contribution in [1.82, 2.24) is 10.6 Å². The van der Waals surface area contributed by atoms with Gasteiger partial charge in [-0.3, -0.25) is 0 Å². The first-order valence-corrected chi connectivity index (χ1v) is 10.9. The highest BCUT2D eigenvalue weighted by atomic mass is 35.5. The van der Waals surface area contributed by atoms with Crippen molar-refractivity contribution in [1.29, 1.82) is 0 Å². The third-order valence-electron chi connectivity index (χ3n) is 5.34. The third kappa shape index (κ3) is 5.79. The molecular formula is C26H22ClFN2O3. The predicted octanol–water partition coefficient (Wildman–Crippen LogP) is 5.46. The van der Waals surface area contributed by atoms with Gasteiger partial charge in [-0.2, -0.15) is 0 Å². The van der Waals surface area contributed by atoms with Gasteiger partial charge in [0, 0.05) is 10.7 Å². The molecule has 1 atom stereocenters. The average Bonchev–Trinajstić information content (AvgIpc) is 2.82. The van der Waals surface area contributed by atoms with E-state index < -0.39 is 12.0 Å². The number of rotatable bonds is 7. The Kier molecular flexibility index (Phi) is 7.05. The van der Waals surface area contributed by atoms with Crippen LogP contribution in [0.5, 0.6) is 0 Å². The van der Waals surface area contributed by atoms with Crippen molar-refractivity contribution < 1.29 is 18.7 Å². The Hall–Kier alpha value is -3.64. The van der Waals surface area contributed by atoms with Gasteiger partial charge in [0.25, 0.3) is 0 Å². The fourth-order valence-electron chi connectivity index (χ4n) is 3.72. The summed E-state index contributed by atoms with van der Waals surface area (Å²) in [4.78, 5) is 25.7. The van der Waals surface area contributed by atoms with E-state index in [2.05, 4.69) is 10.6 Å². The first-order chi connectivity index (χ1) is 16.0. The Morgan fingerprint density at radius 1 is 0.939 bits per heavy atom. The molecule has 33 heavy (non-hydrogen) atoms. The number of carbonyl (C=O) groups excluding carboxylic acids is 2. The number of benzene rings is 3. The zero-order valence-electron chi connectivity index (χ0n) is 17.7. The summed E-state index contributed by atoms with van der Waals surface area (Å²) >= 11 is 6.09. The Labute approximate surface area is 196 Å². The smallest absolute Gasteiger partial charge is 0.338 e. The molecule has 0 fully saturated rings. The molecule has 4 rings (SSSR count). The minimum atomic E-state index is -0.657. The lowest BCUT2D eigenvalue weighted by Crippen LogP contribution is -2.46. The largest absolute Gasteiger partial charge is 0.457 e. The van der Waals surface area contributed by atoms with Crippen LogP contribution in [0.1, 0.15) is 29.2 Å². The zero-order valence-corrected chi connectivity index (χ0v) is 18.4. The minimum absolute atomic E-state index is 0.0142. The van der Waals surface area contributed by atoms with Crippen LogP contribution in [0.25, 0.3) is 0 Å². The van der Waals surface area contributed by atoms with Crippen LogP contribution in [0.15, 0.2) is 90.1 Å². The molecule has 7 heteroatoms. The molecule has 3 aromatic carbocycles. The van der Waals surface area contributed by atoms with Gasteiger partial charge in [-0.15, -0.1) is 0 Å². The highest BCUT2D eigenvalue weighted by Crippen LogP contribution is 2.30. The third-order valence-corrected chi connectivity index (χ3v) is 5.58. The molecule has 1 unspecified atom stereocenters. The number of amides is 2. The zero-order chi connectivity index (χ0) is 23.2. The van der Waals surface area contributed by atoms with Crippen LogP contribution < -0.4 is 10.6 Å². The Morgan fingerprint density at radius 3 is 2.42 bits per heavy atom. The molecule has 168 valence electrons. The molecule has 0 radical (unpaired) electrons. The van der Waals surface area contributed by atoms with Crippen molar-refractivity contribution in [3.63, 3.8) is 0 Å². The number of hydrogen-bond acceptors (Lipinski definition) is 3. The molecule has 0 saturated heterocycles. The van der Waals surface area contributed by atoms with Crippen molar-refractivity contribution in [2.45, 2.75) is 25.5 Å². The number of halogens is 2. The van der Waals surface area contributed by atoms with E-state index in [9.17, 15) is 14.0 Å². The lowest BCUT2D eigenvalue weighted by molar-refractivity contribution is -0.140. The van der Waals surface area contributed by atoms with Gasteiger partial charge in [-0.1, -0.05) is 66.2 Å². The quantitative estimate of drug-likeness (QED) is 0.456. The maximum absolute atomic E-state index is 13.2. The molecule has 0 aliphatic carbocycles. The van der Waals surface area contributed by atoms with E-state index in [0.717, 1.165) is 11.1 Å². The summed E-state index contributed by atoms with van der Waals surface area (Å²) in [6.07, 6.45) is 0.991. The fraction of sp³-hybridized carbons (Fsp3) is 0.154. The number of nitrogens with one attached hydrogen (secondary N) is 2. The van der Waals surface area contributed by atoms with E-state index in [0.29, 0.717) is 34.7 Å². The van der Waals surface area contributed by atoms with E-state index in [1.807, 2.05) is 48.5 Å². The second-order valence-corrected chi connectivity index (χ2v) is 8.10. The molecule has 5 nitrogen and oxygen atoms in total. The van der Waals surface area contributed by atoms with Gasteiger partial charge in [0.2, 0.25) is 0 Å². The second-order valence-electron chi connectivity index (χ2n) is 7.67. The van der Waals surface area contributed by atoms with Gasteiger partial charge in [-0.05, 0) is 53.8 Å². The molecule has 2 N–H and O–H groups in total. The van der Waals surface area contributed by atoms with E-state index in [1.54, 1.807) is 18.2 Å². The molecule has 0 aromatic heterocycles. The number of hydrogen-bond donors (Lipinski definition) is 2. The molecule has 1 heterocycles. The van der Waals surface area contributed by atoms with Gasteiger partial charge < -0.3 is 15.4 Å². The number of allylic oxidation sites excluding steroid dienone is 1. The fourth-order valence-corrected chi connectivity index (χ4v) is 3.93. The van der Waals surface area contributed by atoms with Gasteiger partial charge in [0.15, 0.2) is 0 Å². The SMILES string of the molecule is O=C1NC(CCc2cccc(Cl)c2)=C(C(=O)OCc2ccc(F)cc2)C(c2ccccc2)N1. The standard InChI is InChI=1S/C26H22ClFN2O3/c27-20-8-4-5-17(15-20)11-14-22-23(25(31)33-16-18-9-12-21(28)13-10-18)24(30-26(32)29-22)19-6-2-1-3-7-19/h1-10,12-13,15,24H,11,14,16H2,(H2,29,30,32). The molecular weight excluding hydrogens is 443 g/mol. The summed E-state index contributed by atoms with van der Waals surface area (Å²) in [5, 5.41) is 6.23. The maximum atomic E-state index is 13.2. The van der Waals surface area contributed by atoms with E-state index in [4.69, 9.17) is 16.3 Å². The number of esters is 1. The van der Waals surface area contributed by atoms with Crippen LogP contribution in [0.3, 0.4) is 0 Å². The minimum Gasteiger partial charge on any atom is -0.457 e. The summed E-state index contributed by atoms with van der Waals surface area (Å²) in [5.74, 6) is -0.916. The molecule has 0 saturated carbocycles. The number of carbonyl (C=O) groups is 2. The van der Waals surface area contributed by atoms with Crippen LogP contribution >= 0.6 is 11.6 Å². The van der Waals surface area contributed by atoms with E-state index in [1.165, 1.54) is 12.1 Å². The molecule has 1 aliphatic rings. The Morgan fingerprint density at radius 2 is 1.70 bits per heavy atom. The summed E-state index contributed by atoms with van der Waals surface area (Å²) in [6.45, 7) is -0.0142. The van der Waals surface area contributed by atoms with Crippen LogP contribution in [-0.4, -0.2) is 12.0 Å². The first kappa shape index (κ1) is 22.6. The summed E-state index contributed by atoms with van der Waals surface area (Å²) in [6, 6.07) is 21.4. The Balaban J connectivity index is 1.63. The monoisotopic (exact) mass is 464 g/mol. The maximum Gasteiger partial charge on any atom is 0.338 e. The molecule has 0 bridgehead atoms. The topological polar surface area (TPSA) is 67.4 Å². The predicted molar refractivity (Wildman–Crippen MR) is 124 cm³/mol. The lowest BCUT2D eigenvalue weighted by Gasteiger charge is -2.29. The van der Waals surface area contributed by atoms with Crippen molar-refractivity contribution in [2.24, 2.45) is 0 Å². The lowest BCUT2D eigenvalue weighted by atomic mass is 9.93. The molecule has 3 aromatic rings. The summed E-state index contributed by atoms with van der Waals surface area (Å²) in [5.41, 5.74) is 3.25. The molecule has 0 spiro atoms. The highest BCUT2D eigenvalue weighted by molar-refractivity contribution is 6.30. The average molecular weight is 465 g/mol. The molecule has 1 aliphatic heterocycles. The Bertz CT molecular complexity index is 1180. The summed E-state index contributed by atoms with van der Waals surface area (Å²) < 4.78 is 18.7. The van der Waals surface area contributed by atoms with Gasteiger partial charge in [-0.25, -0.2) is 14.0 Å². The van der Waals surface area contributed by atoms with Crippen molar-refractivity contribution in [3.8, 4) is 0 Å². The van der Waals surface area contributed by atoms with Crippen LogP contribution in [0.2, 0.25) is 5.02 Å². The first-order valence-electron chi connectivity index (χ1n) is 10.5. The van der Waals surface area contributed by atoms with Gasteiger partial charge >= 0.3 is 12.0 Å². The highest BCUT2D eigenvalue weighted by Gasteiger charge is 2.33. The van der Waals surface area contributed by atoms with Crippen molar-refractivity contribution in [3.05, 3.63) is 118 Å². The number of urea groups is 1. The normalized spacial score (nSPS) is 15.6. The van der Waals surface area contributed by atoms with E-state index >= 15 is 0 Å². The number of aryl methyl sites for hydroxylation is 1.